The number of benzene rings is 1. The van der Waals surface area contributed by atoms with Crippen molar-refractivity contribution in [2.45, 2.75) is 19.8 Å². The first-order valence-electron chi connectivity index (χ1n) is 5.43. The van der Waals surface area contributed by atoms with E-state index in [1.807, 2.05) is 18.4 Å². The number of hydrogen-bond donors (Lipinski definition) is 1. The third kappa shape index (κ3) is 2.58. The first-order chi connectivity index (χ1) is 7.29. The van der Waals surface area contributed by atoms with E-state index in [2.05, 4.69) is 36.5 Å². The van der Waals surface area contributed by atoms with Crippen molar-refractivity contribution in [1.82, 2.24) is 5.32 Å². The second-order valence-electron chi connectivity index (χ2n) is 3.94. The number of nitrogens with one attached hydrogen (secondary N) is 1. The molecular weight excluding hydrogens is 202 g/mol. The molecule has 0 fully saturated rings. The molecule has 0 radical (unpaired) electrons. The van der Waals surface area contributed by atoms with Crippen LogP contribution in [0.2, 0.25) is 0 Å². The van der Waals surface area contributed by atoms with E-state index in [1.165, 1.54) is 33.4 Å². The zero-order valence-electron chi connectivity index (χ0n) is 9.34. The number of thiophene rings is 1. The summed E-state index contributed by atoms with van der Waals surface area (Å²) in [6, 6.07) is 9.12. The largest absolute Gasteiger partial charge is 0.320 e. The molecule has 2 aromatic rings. The maximum atomic E-state index is 3.18. The monoisotopic (exact) mass is 219 g/mol. The van der Waals surface area contributed by atoms with Crippen molar-refractivity contribution < 1.29 is 0 Å². The van der Waals surface area contributed by atoms with Gasteiger partial charge in [0.05, 0.1) is 0 Å². The molecule has 0 atom stereocenters. The molecule has 0 aliphatic heterocycles. The van der Waals surface area contributed by atoms with E-state index < -0.39 is 0 Å². The molecule has 15 heavy (non-hydrogen) atoms. The summed E-state index contributed by atoms with van der Waals surface area (Å²) >= 11 is 1.88. The molecule has 0 saturated heterocycles. The second kappa shape index (κ2) is 4.77. The maximum absolute atomic E-state index is 3.18. The lowest BCUT2D eigenvalue weighted by Gasteiger charge is -2.01. The van der Waals surface area contributed by atoms with Crippen LogP contribution in [0.3, 0.4) is 0 Å². The number of hydrogen-bond acceptors (Lipinski definition) is 2. The van der Waals surface area contributed by atoms with Crippen molar-refractivity contribution in [2.75, 3.05) is 13.6 Å². The zero-order valence-corrected chi connectivity index (χ0v) is 10.2. The van der Waals surface area contributed by atoms with Gasteiger partial charge in [0.15, 0.2) is 0 Å². The molecule has 0 unspecified atom stereocenters. The quantitative estimate of drug-likeness (QED) is 0.777. The van der Waals surface area contributed by atoms with E-state index in [4.69, 9.17) is 0 Å². The molecule has 0 amide bonds. The van der Waals surface area contributed by atoms with Crippen LogP contribution in [-0.2, 0) is 6.42 Å². The van der Waals surface area contributed by atoms with Gasteiger partial charge in [0, 0.05) is 9.58 Å². The van der Waals surface area contributed by atoms with Crippen LogP contribution in [0.4, 0.5) is 0 Å². The van der Waals surface area contributed by atoms with Gasteiger partial charge in [-0.15, -0.1) is 11.3 Å². The van der Waals surface area contributed by atoms with Crippen molar-refractivity contribution in [2.24, 2.45) is 0 Å². The zero-order chi connectivity index (χ0) is 10.7. The lowest BCUT2D eigenvalue weighted by atomic mass is 10.1. The minimum atomic E-state index is 1.10. The van der Waals surface area contributed by atoms with Gasteiger partial charge in [-0.2, -0.15) is 0 Å². The Morgan fingerprint density at radius 3 is 2.93 bits per heavy atom. The van der Waals surface area contributed by atoms with Crippen molar-refractivity contribution >= 4 is 21.4 Å². The summed E-state index contributed by atoms with van der Waals surface area (Å²) in [5.74, 6) is 0. The predicted molar refractivity (Wildman–Crippen MR) is 68.8 cm³/mol. The minimum absolute atomic E-state index is 1.10. The van der Waals surface area contributed by atoms with E-state index in [0.717, 1.165) is 6.54 Å². The van der Waals surface area contributed by atoms with E-state index >= 15 is 0 Å². The summed E-state index contributed by atoms with van der Waals surface area (Å²) in [5, 5.41) is 4.58. The lowest BCUT2D eigenvalue weighted by Crippen LogP contribution is -2.08. The van der Waals surface area contributed by atoms with Gasteiger partial charge in [0.1, 0.15) is 0 Å². The van der Waals surface area contributed by atoms with Crippen molar-refractivity contribution in [1.29, 1.82) is 0 Å². The van der Waals surface area contributed by atoms with Gasteiger partial charge in [0.25, 0.3) is 0 Å². The molecule has 2 heteroatoms. The predicted octanol–water partition coefficient (Wildman–Crippen LogP) is 3.36. The Labute approximate surface area is 95.1 Å². The van der Waals surface area contributed by atoms with E-state index in [0.29, 0.717) is 0 Å². The fourth-order valence-corrected chi connectivity index (χ4v) is 2.75. The third-order valence-corrected chi connectivity index (χ3v) is 3.63. The molecule has 1 N–H and O–H groups in total. The summed E-state index contributed by atoms with van der Waals surface area (Å²) in [6.45, 7) is 3.27. The van der Waals surface area contributed by atoms with Gasteiger partial charge in [-0.1, -0.05) is 12.1 Å². The summed E-state index contributed by atoms with van der Waals surface area (Å²) in [4.78, 5) is 1.40. The fraction of sp³-hybridized carbons (Fsp3) is 0.385. The first kappa shape index (κ1) is 10.7. The Hall–Kier alpha value is -0.860. The SMILES string of the molecule is CNCCCc1ccc2sc(C)cc2c1. The normalized spacial score (nSPS) is 11.1. The topological polar surface area (TPSA) is 12.0 Å². The lowest BCUT2D eigenvalue weighted by molar-refractivity contribution is 0.725. The molecular formula is C13H17NS. The molecule has 0 bridgehead atoms. The molecule has 0 spiro atoms. The van der Waals surface area contributed by atoms with Crippen LogP contribution in [0.5, 0.6) is 0 Å². The molecule has 80 valence electrons. The highest BCUT2D eigenvalue weighted by Crippen LogP contribution is 2.26. The Bertz CT molecular complexity index is 445. The summed E-state index contributed by atoms with van der Waals surface area (Å²) in [7, 11) is 2.01. The summed E-state index contributed by atoms with van der Waals surface area (Å²) in [6.07, 6.45) is 2.39. The van der Waals surface area contributed by atoms with Gasteiger partial charge in [-0.25, -0.2) is 0 Å². The fourth-order valence-electron chi connectivity index (χ4n) is 1.85. The van der Waals surface area contributed by atoms with Crippen molar-refractivity contribution in [3.8, 4) is 0 Å². The van der Waals surface area contributed by atoms with Crippen LogP contribution >= 0.6 is 11.3 Å². The van der Waals surface area contributed by atoms with Crippen LogP contribution < -0.4 is 5.32 Å². The Kier molecular flexibility index (Phi) is 3.39. The van der Waals surface area contributed by atoms with Crippen LogP contribution in [0.25, 0.3) is 10.1 Å². The van der Waals surface area contributed by atoms with Gasteiger partial charge in [-0.3, -0.25) is 0 Å². The standard InChI is InChI=1S/C13H17NS/c1-10-8-12-9-11(4-3-7-14-2)5-6-13(12)15-10/h5-6,8-9,14H,3-4,7H2,1-2H3. The molecule has 1 aromatic heterocycles. The maximum Gasteiger partial charge on any atom is 0.0345 e. The highest BCUT2D eigenvalue weighted by atomic mass is 32.1. The Morgan fingerprint density at radius 2 is 2.13 bits per heavy atom. The number of rotatable bonds is 4. The smallest absolute Gasteiger partial charge is 0.0345 e. The highest BCUT2D eigenvalue weighted by molar-refractivity contribution is 7.19. The third-order valence-electron chi connectivity index (χ3n) is 2.60. The van der Waals surface area contributed by atoms with Crippen LogP contribution in [0.1, 0.15) is 16.9 Å². The van der Waals surface area contributed by atoms with Gasteiger partial charge >= 0.3 is 0 Å². The summed E-state index contributed by atoms with van der Waals surface area (Å²) < 4.78 is 1.41. The average Bonchev–Trinajstić information content (AvgIpc) is 2.57. The van der Waals surface area contributed by atoms with Gasteiger partial charge < -0.3 is 5.32 Å². The molecule has 0 saturated carbocycles. The average molecular weight is 219 g/mol. The minimum Gasteiger partial charge on any atom is -0.320 e. The van der Waals surface area contributed by atoms with Crippen LogP contribution in [0.15, 0.2) is 24.3 Å². The number of fused-ring (bicyclic) bond motifs is 1. The first-order valence-corrected chi connectivity index (χ1v) is 6.25. The van der Waals surface area contributed by atoms with E-state index in [-0.39, 0.29) is 0 Å². The van der Waals surface area contributed by atoms with E-state index in [1.54, 1.807) is 0 Å². The van der Waals surface area contributed by atoms with Gasteiger partial charge in [0.2, 0.25) is 0 Å². The highest BCUT2D eigenvalue weighted by Gasteiger charge is 1.99. The van der Waals surface area contributed by atoms with Crippen molar-refractivity contribution in [3.05, 3.63) is 34.7 Å². The van der Waals surface area contributed by atoms with E-state index in [9.17, 15) is 0 Å². The van der Waals surface area contributed by atoms with Crippen LogP contribution in [-0.4, -0.2) is 13.6 Å². The number of aryl methyl sites for hydroxylation is 2. The molecule has 2 rings (SSSR count). The van der Waals surface area contributed by atoms with Gasteiger partial charge in [-0.05, 0) is 56.4 Å². The molecule has 1 heterocycles. The Balaban J connectivity index is 2.15. The second-order valence-corrected chi connectivity index (χ2v) is 5.22. The van der Waals surface area contributed by atoms with Crippen molar-refractivity contribution in [3.63, 3.8) is 0 Å². The summed E-state index contributed by atoms with van der Waals surface area (Å²) in [5.41, 5.74) is 1.45. The van der Waals surface area contributed by atoms with Crippen LogP contribution in [0, 0.1) is 6.92 Å². The molecule has 0 aliphatic carbocycles. The molecule has 0 aliphatic rings. The molecule has 1 aromatic carbocycles. The Morgan fingerprint density at radius 1 is 1.27 bits per heavy atom. The molecule has 1 nitrogen and oxygen atoms in total.